The van der Waals surface area contributed by atoms with E-state index in [1.807, 2.05) is 36.1 Å². The Labute approximate surface area is 203 Å². The number of likely N-dealkylation sites (tertiary alicyclic amines) is 1. The highest BCUT2D eigenvalue weighted by Crippen LogP contribution is 2.26. The number of hydrogen-bond donors (Lipinski definition) is 3. The van der Waals surface area contributed by atoms with E-state index in [4.69, 9.17) is 11.6 Å². The Kier molecular flexibility index (Phi) is 10.4. The van der Waals surface area contributed by atoms with Gasteiger partial charge in [0, 0.05) is 37.5 Å². The first-order valence-corrected chi connectivity index (χ1v) is 11.1. The molecule has 0 spiro atoms. The van der Waals surface area contributed by atoms with Crippen molar-refractivity contribution >= 4 is 58.8 Å². The molecule has 2 aromatic rings. The number of aliphatic hydroxyl groups is 1. The number of nitrogens with zero attached hydrogens (tertiary/aromatic N) is 2. The zero-order valence-corrected chi connectivity index (χ0v) is 20.8. The van der Waals surface area contributed by atoms with Gasteiger partial charge in [-0.1, -0.05) is 35.9 Å². The zero-order chi connectivity index (χ0) is 20.6. The summed E-state index contributed by atoms with van der Waals surface area (Å²) in [7, 11) is 0. The first-order chi connectivity index (χ1) is 14.0. The lowest BCUT2D eigenvalue weighted by Crippen LogP contribution is -2.39. The number of aliphatic hydroxyl groups excluding tert-OH is 1. The van der Waals surface area contributed by atoms with Crippen LogP contribution in [-0.4, -0.2) is 41.5 Å². The highest BCUT2D eigenvalue weighted by molar-refractivity contribution is 14.0. The van der Waals surface area contributed by atoms with E-state index in [2.05, 4.69) is 21.7 Å². The number of benzene rings is 1. The van der Waals surface area contributed by atoms with E-state index >= 15 is 0 Å². The number of amides is 1. The highest BCUT2D eigenvalue weighted by Gasteiger charge is 2.19. The van der Waals surface area contributed by atoms with Gasteiger partial charge >= 0.3 is 0 Å². The van der Waals surface area contributed by atoms with Crippen LogP contribution in [0.15, 0.2) is 41.4 Å². The SMILES string of the molecule is CCNC(=NCc1cccc(CN2CCCC2=O)c1)NCC(O)c1ccc(Cl)s1.I. The summed E-state index contributed by atoms with van der Waals surface area (Å²) in [5.74, 6) is 0.881. The number of hydrogen-bond acceptors (Lipinski definition) is 4. The summed E-state index contributed by atoms with van der Waals surface area (Å²) < 4.78 is 0.662. The number of carbonyl (C=O) groups excluding carboxylic acids is 1. The predicted molar refractivity (Wildman–Crippen MR) is 134 cm³/mol. The maximum absolute atomic E-state index is 11.8. The van der Waals surface area contributed by atoms with Crippen molar-refractivity contribution in [3.05, 3.63) is 56.7 Å². The lowest BCUT2D eigenvalue weighted by Gasteiger charge is -2.16. The van der Waals surface area contributed by atoms with Crippen molar-refractivity contribution in [2.24, 2.45) is 4.99 Å². The average molecular weight is 563 g/mol. The van der Waals surface area contributed by atoms with E-state index in [9.17, 15) is 9.90 Å². The number of carbonyl (C=O) groups is 1. The van der Waals surface area contributed by atoms with E-state index < -0.39 is 6.10 Å². The summed E-state index contributed by atoms with van der Waals surface area (Å²) in [5, 5.41) is 16.7. The molecule has 3 N–H and O–H groups in total. The molecule has 1 aliphatic rings. The quantitative estimate of drug-likeness (QED) is 0.259. The molecular formula is C21H28ClIN4O2S. The summed E-state index contributed by atoms with van der Waals surface area (Å²) in [6.45, 7) is 5.08. The second-order valence-electron chi connectivity index (χ2n) is 6.97. The van der Waals surface area contributed by atoms with Gasteiger partial charge in [-0.05, 0) is 36.6 Å². The average Bonchev–Trinajstić information content (AvgIpc) is 3.32. The zero-order valence-electron chi connectivity index (χ0n) is 16.9. The molecule has 1 aromatic carbocycles. The minimum Gasteiger partial charge on any atom is -0.386 e. The van der Waals surface area contributed by atoms with Crippen LogP contribution >= 0.6 is 46.9 Å². The van der Waals surface area contributed by atoms with Gasteiger partial charge in [0.25, 0.3) is 0 Å². The largest absolute Gasteiger partial charge is 0.386 e. The second-order valence-corrected chi connectivity index (χ2v) is 8.72. The van der Waals surface area contributed by atoms with E-state index in [0.717, 1.165) is 35.5 Å². The third-order valence-corrected chi connectivity index (χ3v) is 6.02. The predicted octanol–water partition coefficient (Wildman–Crippen LogP) is 3.93. The number of halogens is 2. The molecule has 0 radical (unpaired) electrons. The van der Waals surface area contributed by atoms with Crippen molar-refractivity contribution < 1.29 is 9.90 Å². The van der Waals surface area contributed by atoms with Crippen LogP contribution in [0.5, 0.6) is 0 Å². The molecule has 1 atom stereocenters. The van der Waals surface area contributed by atoms with Crippen molar-refractivity contribution in [1.29, 1.82) is 0 Å². The standard InChI is InChI=1S/C21H27ClN4O2S.HI/c1-2-23-21(25-13-17(27)18-8-9-19(22)29-18)24-12-15-5-3-6-16(11-15)14-26-10-4-7-20(26)28;/h3,5-6,8-9,11,17,27H,2,4,7,10,12-14H2,1H3,(H2,23,24,25);1H. The van der Waals surface area contributed by atoms with Crippen molar-refractivity contribution in [1.82, 2.24) is 15.5 Å². The number of thiophene rings is 1. The monoisotopic (exact) mass is 562 g/mol. The molecule has 0 aliphatic carbocycles. The molecule has 2 heterocycles. The van der Waals surface area contributed by atoms with E-state index in [1.165, 1.54) is 11.3 Å². The Bertz CT molecular complexity index is 861. The Balaban J connectivity index is 0.00000320. The maximum atomic E-state index is 11.8. The third-order valence-electron chi connectivity index (χ3n) is 4.69. The summed E-state index contributed by atoms with van der Waals surface area (Å²) in [5.41, 5.74) is 2.20. The normalized spacial score (nSPS) is 15.1. The van der Waals surface area contributed by atoms with Gasteiger partial charge in [0.2, 0.25) is 5.91 Å². The van der Waals surface area contributed by atoms with Crippen LogP contribution in [0.1, 0.15) is 41.9 Å². The topological polar surface area (TPSA) is 77.0 Å². The van der Waals surface area contributed by atoms with Gasteiger partial charge in [-0.2, -0.15) is 0 Å². The highest BCUT2D eigenvalue weighted by atomic mass is 127. The van der Waals surface area contributed by atoms with Crippen LogP contribution in [0.2, 0.25) is 4.34 Å². The Morgan fingerprint density at radius 3 is 2.77 bits per heavy atom. The smallest absolute Gasteiger partial charge is 0.222 e. The Hall–Kier alpha value is -1.36. The first kappa shape index (κ1) is 24.9. The molecular weight excluding hydrogens is 535 g/mol. The molecule has 6 nitrogen and oxygen atoms in total. The molecule has 9 heteroatoms. The number of aliphatic imine (C=N–C) groups is 1. The lowest BCUT2D eigenvalue weighted by molar-refractivity contribution is -0.128. The Morgan fingerprint density at radius 2 is 2.10 bits per heavy atom. The van der Waals surface area contributed by atoms with E-state index in [0.29, 0.717) is 36.4 Å². The molecule has 30 heavy (non-hydrogen) atoms. The molecule has 1 unspecified atom stereocenters. The van der Waals surface area contributed by atoms with E-state index in [1.54, 1.807) is 6.07 Å². The molecule has 0 saturated carbocycles. The van der Waals surface area contributed by atoms with Crippen LogP contribution < -0.4 is 10.6 Å². The van der Waals surface area contributed by atoms with Gasteiger partial charge in [-0.15, -0.1) is 35.3 Å². The van der Waals surface area contributed by atoms with Crippen molar-refractivity contribution in [2.75, 3.05) is 19.6 Å². The summed E-state index contributed by atoms with van der Waals surface area (Å²) in [6.07, 6.45) is 0.965. The molecule has 1 aliphatic heterocycles. The number of guanidine groups is 1. The summed E-state index contributed by atoms with van der Waals surface area (Å²) in [6, 6.07) is 11.8. The van der Waals surface area contributed by atoms with Crippen LogP contribution in [0.25, 0.3) is 0 Å². The van der Waals surface area contributed by atoms with Gasteiger partial charge in [0.05, 0.1) is 10.9 Å². The van der Waals surface area contributed by atoms with Crippen LogP contribution in [0, 0.1) is 0 Å². The van der Waals surface area contributed by atoms with Crippen LogP contribution in [0.4, 0.5) is 0 Å². The molecule has 164 valence electrons. The fourth-order valence-corrected chi connectivity index (χ4v) is 4.28. The molecule has 1 amide bonds. The molecule has 1 fully saturated rings. The van der Waals surface area contributed by atoms with Crippen LogP contribution in [-0.2, 0) is 17.9 Å². The lowest BCUT2D eigenvalue weighted by atomic mass is 10.1. The number of nitrogens with one attached hydrogen (secondary N) is 2. The second kappa shape index (κ2) is 12.5. The number of rotatable bonds is 8. The molecule has 1 saturated heterocycles. The van der Waals surface area contributed by atoms with Crippen molar-refractivity contribution in [3.63, 3.8) is 0 Å². The van der Waals surface area contributed by atoms with Crippen molar-refractivity contribution in [2.45, 2.75) is 39.0 Å². The van der Waals surface area contributed by atoms with E-state index in [-0.39, 0.29) is 29.9 Å². The molecule has 0 bridgehead atoms. The van der Waals surface area contributed by atoms with Gasteiger partial charge < -0.3 is 20.6 Å². The Morgan fingerprint density at radius 1 is 1.30 bits per heavy atom. The van der Waals surface area contributed by atoms with Gasteiger partial charge in [0.1, 0.15) is 6.10 Å². The van der Waals surface area contributed by atoms with Gasteiger partial charge in [0.15, 0.2) is 5.96 Å². The van der Waals surface area contributed by atoms with Gasteiger partial charge in [-0.3, -0.25) is 4.79 Å². The fraction of sp³-hybridized carbons (Fsp3) is 0.429. The van der Waals surface area contributed by atoms with Crippen molar-refractivity contribution in [3.8, 4) is 0 Å². The third kappa shape index (κ3) is 7.40. The minimum absolute atomic E-state index is 0. The van der Waals surface area contributed by atoms with Gasteiger partial charge in [-0.25, -0.2) is 4.99 Å². The first-order valence-electron chi connectivity index (χ1n) is 9.86. The molecule has 1 aromatic heterocycles. The molecule has 3 rings (SSSR count). The maximum Gasteiger partial charge on any atom is 0.222 e. The minimum atomic E-state index is -0.641. The fourth-order valence-electron chi connectivity index (χ4n) is 3.23. The summed E-state index contributed by atoms with van der Waals surface area (Å²) in [4.78, 5) is 19.2. The summed E-state index contributed by atoms with van der Waals surface area (Å²) >= 11 is 7.31. The van der Waals surface area contributed by atoms with Crippen LogP contribution in [0.3, 0.4) is 0 Å².